The number of alkyl halides is 3. The molecule has 0 aliphatic carbocycles. The van der Waals surface area contributed by atoms with Crippen molar-refractivity contribution in [1.82, 2.24) is 9.55 Å². The smallest absolute Gasteiger partial charge is 0.406 e. The van der Waals surface area contributed by atoms with Crippen LogP contribution in [0, 0.1) is 0 Å². The predicted molar refractivity (Wildman–Crippen MR) is 52.7 cm³/mol. The summed E-state index contributed by atoms with van der Waals surface area (Å²) in [7, 11) is 0. The Morgan fingerprint density at radius 1 is 1.41 bits per heavy atom. The molecule has 0 fully saturated rings. The van der Waals surface area contributed by atoms with Gasteiger partial charge in [-0.25, -0.2) is 9.78 Å². The van der Waals surface area contributed by atoms with E-state index in [1.165, 1.54) is 24.5 Å². The van der Waals surface area contributed by atoms with Crippen LogP contribution in [0.15, 0.2) is 24.5 Å². The SMILES string of the molecule is O=C(O)c1ccnc2c1ccn2CC(F)(F)F. The van der Waals surface area contributed by atoms with E-state index in [0.717, 1.165) is 4.57 Å². The number of hydrogen-bond acceptors (Lipinski definition) is 2. The van der Waals surface area contributed by atoms with Gasteiger partial charge in [0.15, 0.2) is 0 Å². The Labute approximate surface area is 93.3 Å². The van der Waals surface area contributed by atoms with Gasteiger partial charge in [-0.3, -0.25) is 0 Å². The van der Waals surface area contributed by atoms with Crippen LogP contribution in [0.1, 0.15) is 10.4 Å². The number of carbonyl (C=O) groups is 1. The minimum Gasteiger partial charge on any atom is -0.478 e. The highest BCUT2D eigenvalue weighted by Crippen LogP contribution is 2.23. The molecule has 0 aromatic carbocycles. The topological polar surface area (TPSA) is 55.1 Å². The summed E-state index contributed by atoms with van der Waals surface area (Å²) >= 11 is 0. The minimum absolute atomic E-state index is 0.0159. The van der Waals surface area contributed by atoms with Gasteiger partial charge < -0.3 is 9.67 Å². The molecule has 0 aliphatic rings. The van der Waals surface area contributed by atoms with Gasteiger partial charge in [0.05, 0.1) is 5.56 Å². The fourth-order valence-electron chi connectivity index (χ4n) is 1.60. The van der Waals surface area contributed by atoms with Crippen molar-refractivity contribution in [3.8, 4) is 0 Å². The molecule has 0 spiro atoms. The van der Waals surface area contributed by atoms with Crippen molar-refractivity contribution >= 4 is 17.0 Å². The number of rotatable bonds is 2. The van der Waals surface area contributed by atoms with Crippen LogP contribution < -0.4 is 0 Å². The molecule has 0 atom stereocenters. The first-order chi connectivity index (χ1) is 7.88. The molecule has 7 heteroatoms. The lowest BCUT2D eigenvalue weighted by Gasteiger charge is -2.08. The van der Waals surface area contributed by atoms with E-state index in [-0.39, 0.29) is 16.6 Å². The molecule has 0 bridgehead atoms. The van der Waals surface area contributed by atoms with Crippen molar-refractivity contribution in [2.45, 2.75) is 12.7 Å². The first-order valence-electron chi connectivity index (χ1n) is 4.62. The third-order valence-electron chi connectivity index (χ3n) is 2.24. The highest BCUT2D eigenvalue weighted by Gasteiger charge is 2.28. The molecular weight excluding hydrogens is 237 g/mol. The number of carboxylic acid groups (broad SMARTS) is 1. The second-order valence-corrected chi connectivity index (χ2v) is 3.46. The van der Waals surface area contributed by atoms with Gasteiger partial charge in [-0.2, -0.15) is 13.2 Å². The molecule has 4 nitrogen and oxygen atoms in total. The number of aromatic carboxylic acids is 1. The Morgan fingerprint density at radius 3 is 2.71 bits per heavy atom. The molecule has 2 aromatic rings. The van der Waals surface area contributed by atoms with E-state index in [1.807, 2.05) is 0 Å². The largest absolute Gasteiger partial charge is 0.478 e. The van der Waals surface area contributed by atoms with Gasteiger partial charge in [0.25, 0.3) is 0 Å². The Bertz CT molecular complexity index is 574. The van der Waals surface area contributed by atoms with Crippen molar-refractivity contribution in [3.05, 3.63) is 30.1 Å². The Hall–Kier alpha value is -2.05. The van der Waals surface area contributed by atoms with Crippen molar-refractivity contribution in [1.29, 1.82) is 0 Å². The minimum atomic E-state index is -4.37. The van der Waals surface area contributed by atoms with E-state index in [1.54, 1.807) is 0 Å². The maximum Gasteiger partial charge on any atom is 0.406 e. The zero-order valence-electron chi connectivity index (χ0n) is 8.40. The van der Waals surface area contributed by atoms with E-state index in [9.17, 15) is 18.0 Å². The molecular formula is C10H7F3N2O2. The van der Waals surface area contributed by atoms with Crippen molar-refractivity contribution in [2.75, 3.05) is 0 Å². The second-order valence-electron chi connectivity index (χ2n) is 3.46. The van der Waals surface area contributed by atoms with Crippen LogP contribution in [-0.4, -0.2) is 26.8 Å². The van der Waals surface area contributed by atoms with E-state index < -0.39 is 18.7 Å². The van der Waals surface area contributed by atoms with Crippen molar-refractivity contribution in [2.24, 2.45) is 0 Å². The van der Waals surface area contributed by atoms with Crippen LogP contribution in [0.25, 0.3) is 11.0 Å². The summed E-state index contributed by atoms with van der Waals surface area (Å²) in [5, 5.41) is 9.06. The summed E-state index contributed by atoms with van der Waals surface area (Å²) in [6.07, 6.45) is -2.01. The van der Waals surface area contributed by atoms with Gasteiger partial charge in [-0.05, 0) is 12.1 Å². The van der Waals surface area contributed by atoms with Crippen LogP contribution in [-0.2, 0) is 6.54 Å². The van der Waals surface area contributed by atoms with E-state index in [2.05, 4.69) is 4.98 Å². The quantitative estimate of drug-likeness (QED) is 0.881. The lowest BCUT2D eigenvalue weighted by atomic mass is 10.2. The molecule has 2 heterocycles. The first kappa shape index (κ1) is 11.4. The summed E-state index contributed by atoms with van der Waals surface area (Å²) in [4.78, 5) is 14.6. The highest BCUT2D eigenvalue weighted by atomic mass is 19.4. The molecule has 0 amide bonds. The number of nitrogens with zero attached hydrogens (tertiary/aromatic N) is 2. The summed E-state index contributed by atoms with van der Waals surface area (Å²) < 4.78 is 37.6. The standard InChI is InChI=1S/C10H7F3N2O2/c11-10(12,13)5-15-4-2-6-7(9(16)17)1-3-14-8(6)15/h1-4H,5H2,(H,16,17). The molecule has 0 aliphatic heterocycles. The number of hydrogen-bond donors (Lipinski definition) is 1. The van der Waals surface area contributed by atoms with Crippen LogP contribution in [0.5, 0.6) is 0 Å². The predicted octanol–water partition coefficient (Wildman–Crippen LogP) is 2.30. The van der Waals surface area contributed by atoms with Crippen LogP contribution in [0.3, 0.4) is 0 Å². The Kier molecular flexibility index (Phi) is 2.53. The van der Waals surface area contributed by atoms with Gasteiger partial charge in [0.2, 0.25) is 0 Å². The van der Waals surface area contributed by atoms with Crippen LogP contribution in [0.4, 0.5) is 13.2 Å². The lowest BCUT2D eigenvalue weighted by molar-refractivity contribution is -0.139. The maximum atomic E-state index is 12.2. The summed E-state index contributed by atoms with van der Waals surface area (Å²) in [6, 6.07) is 2.57. The van der Waals surface area contributed by atoms with Gasteiger partial charge in [0, 0.05) is 17.8 Å². The van der Waals surface area contributed by atoms with Gasteiger partial charge in [0.1, 0.15) is 12.2 Å². The van der Waals surface area contributed by atoms with E-state index >= 15 is 0 Å². The van der Waals surface area contributed by atoms with Crippen molar-refractivity contribution in [3.63, 3.8) is 0 Å². The highest BCUT2D eigenvalue weighted by molar-refractivity contribution is 6.01. The molecule has 2 aromatic heterocycles. The van der Waals surface area contributed by atoms with Gasteiger partial charge in [-0.15, -0.1) is 0 Å². The third-order valence-corrected chi connectivity index (χ3v) is 2.24. The molecule has 0 radical (unpaired) electrons. The third kappa shape index (κ3) is 2.22. The number of fused-ring (bicyclic) bond motifs is 1. The fraction of sp³-hybridized carbons (Fsp3) is 0.200. The first-order valence-corrected chi connectivity index (χ1v) is 4.62. The van der Waals surface area contributed by atoms with Crippen LogP contribution in [0.2, 0.25) is 0 Å². The zero-order valence-corrected chi connectivity index (χ0v) is 8.40. The maximum absolute atomic E-state index is 12.2. The fourth-order valence-corrected chi connectivity index (χ4v) is 1.60. The van der Waals surface area contributed by atoms with Gasteiger partial charge in [-0.1, -0.05) is 0 Å². The zero-order chi connectivity index (χ0) is 12.6. The number of carboxylic acids is 1. The molecule has 2 rings (SSSR count). The molecule has 90 valence electrons. The lowest BCUT2D eigenvalue weighted by Crippen LogP contribution is -2.17. The second kappa shape index (κ2) is 3.76. The Balaban J connectivity index is 2.55. The van der Waals surface area contributed by atoms with E-state index in [4.69, 9.17) is 5.11 Å². The summed E-state index contributed by atoms with van der Waals surface area (Å²) in [6.45, 7) is -1.19. The van der Waals surface area contributed by atoms with E-state index in [0.29, 0.717) is 0 Å². The molecule has 0 unspecified atom stereocenters. The Morgan fingerprint density at radius 2 is 2.12 bits per heavy atom. The van der Waals surface area contributed by atoms with Crippen LogP contribution >= 0.6 is 0 Å². The summed E-state index contributed by atoms with van der Waals surface area (Å²) in [5.74, 6) is -1.19. The average Bonchev–Trinajstić information content (AvgIpc) is 2.59. The summed E-state index contributed by atoms with van der Waals surface area (Å²) in [5.41, 5.74) is -0.0434. The number of aromatic nitrogens is 2. The molecule has 1 N–H and O–H groups in total. The number of halogens is 3. The molecule has 0 saturated heterocycles. The molecule has 0 saturated carbocycles. The number of pyridine rings is 1. The van der Waals surface area contributed by atoms with Crippen molar-refractivity contribution < 1.29 is 23.1 Å². The normalized spacial score (nSPS) is 11.9. The molecule has 17 heavy (non-hydrogen) atoms. The average molecular weight is 244 g/mol. The van der Waals surface area contributed by atoms with Gasteiger partial charge >= 0.3 is 12.1 Å². The monoisotopic (exact) mass is 244 g/mol.